The Bertz CT molecular complexity index is 350. The lowest BCUT2D eigenvalue weighted by Crippen LogP contribution is -2.40. The van der Waals surface area contributed by atoms with Crippen LogP contribution in [0.2, 0.25) is 0 Å². The molecule has 3 atom stereocenters. The highest BCUT2D eigenvalue weighted by atomic mass is 16.7. The normalized spacial score (nSPS) is 28.9. The molecule has 0 saturated carbocycles. The fraction of sp³-hybridized carbons (Fsp3) is 0.500. The summed E-state index contributed by atoms with van der Waals surface area (Å²) >= 11 is 0. The molecule has 3 N–H and O–H groups in total. The van der Waals surface area contributed by atoms with Crippen LogP contribution < -0.4 is 4.74 Å². The molecule has 94 valence electrons. The predicted molar refractivity (Wildman–Crippen MR) is 59.7 cm³/mol. The van der Waals surface area contributed by atoms with E-state index in [1.54, 1.807) is 12.1 Å². The molecule has 17 heavy (non-hydrogen) atoms. The zero-order valence-corrected chi connectivity index (χ0v) is 9.32. The van der Waals surface area contributed by atoms with Gasteiger partial charge in [0.25, 0.3) is 0 Å². The van der Waals surface area contributed by atoms with Gasteiger partial charge < -0.3 is 24.8 Å². The van der Waals surface area contributed by atoms with Crippen molar-refractivity contribution in [1.82, 2.24) is 0 Å². The Labute approximate surface area is 99.2 Å². The van der Waals surface area contributed by atoms with E-state index in [4.69, 9.17) is 19.7 Å². The average molecular weight is 240 g/mol. The van der Waals surface area contributed by atoms with Crippen LogP contribution in [-0.4, -0.2) is 40.4 Å². The van der Waals surface area contributed by atoms with Crippen molar-refractivity contribution in [3.8, 4) is 11.5 Å². The van der Waals surface area contributed by atoms with E-state index in [2.05, 4.69) is 0 Å². The van der Waals surface area contributed by atoms with E-state index < -0.39 is 12.4 Å². The second kappa shape index (κ2) is 5.35. The molecule has 0 amide bonds. The lowest BCUT2D eigenvalue weighted by Gasteiger charge is -2.32. The summed E-state index contributed by atoms with van der Waals surface area (Å²) < 4.78 is 11.0. The molecule has 5 heteroatoms. The zero-order chi connectivity index (χ0) is 12.3. The van der Waals surface area contributed by atoms with E-state index in [1.807, 2.05) is 0 Å². The van der Waals surface area contributed by atoms with Crippen LogP contribution in [0.4, 0.5) is 0 Å². The van der Waals surface area contributed by atoms with E-state index in [-0.39, 0.29) is 18.5 Å². The third-order valence-electron chi connectivity index (χ3n) is 2.65. The van der Waals surface area contributed by atoms with Crippen LogP contribution in [0.5, 0.6) is 11.5 Å². The van der Waals surface area contributed by atoms with Crippen molar-refractivity contribution in [3.63, 3.8) is 0 Å². The third kappa shape index (κ3) is 3.33. The Morgan fingerprint density at radius 3 is 2.59 bits per heavy atom. The standard InChI is InChI=1S/C12H16O5/c13-7-11-5-9(15)6-12(17-11)16-10-3-1-8(14)2-4-10/h1-4,9,11-15H,5-7H2. The number of rotatable bonds is 3. The topological polar surface area (TPSA) is 79.2 Å². The molecule has 1 heterocycles. The summed E-state index contributed by atoms with van der Waals surface area (Å²) in [5, 5.41) is 27.7. The summed E-state index contributed by atoms with van der Waals surface area (Å²) in [7, 11) is 0. The number of ether oxygens (including phenoxy) is 2. The zero-order valence-electron chi connectivity index (χ0n) is 9.32. The van der Waals surface area contributed by atoms with Crippen molar-refractivity contribution < 1.29 is 24.8 Å². The molecule has 0 bridgehead atoms. The van der Waals surface area contributed by atoms with Gasteiger partial charge in [0.2, 0.25) is 6.29 Å². The predicted octanol–water partition coefficient (Wildman–Crippen LogP) is 0.629. The average Bonchev–Trinajstić information content (AvgIpc) is 2.31. The van der Waals surface area contributed by atoms with E-state index in [0.29, 0.717) is 18.6 Å². The molecule has 3 unspecified atom stereocenters. The van der Waals surface area contributed by atoms with Gasteiger partial charge in [-0.15, -0.1) is 0 Å². The molecule has 1 fully saturated rings. The van der Waals surface area contributed by atoms with Crippen molar-refractivity contribution in [2.24, 2.45) is 0 Å². The van der Waals surface area contributed by atoms with Gasteiger partial charge >= 0.3 is 0 Å². The summed E-state index contributed by atoms with van der Waals surface area (Å²) in [5.74, 6) is 0.716. The summed E-state index contributed by atoms with van der Waals surface area (Å²) in [6.45, 7) is -0.132. The Morgan fingerprint density at radius 2 is 1.94 bits per heavy atom. The number of aromatic hydroxyl groups is 1. The van der Waals surface area contributed by atoms with Crippen molar-refractivity contribution in [2.75, 3.05) is 6.61 Å². The summed E-state index contributed by atoms with van der Waals surface area (Å²) in [5.41, 5.74) is 0. The van der Waals surface area contributed by atoms with Gasteiger partial charge in [-0.2, -0.15) is 0 Å². The minimum atomic E-state index is -0.569. The Balaban J connectivity index is 1.95. The third-order valence-corrected chi connectivity index (χ3v) is 2.65. The Morgan fingerprint density at radius 1 is 1.24 bits per heavy atom. The maximum Gasteiger partial charge on any atom is 0.202 e. The number of phenols is 1. The molecule has 1 saturated heterocycles. The van der Waals surface area contributed by atoms with Gasteiger partial charge in [0, 0.05) is 12.8 Å². The van der Waals surface area contributed by atoms with Gasteiger partial charge in [0.1, 0.15) is 11.5 Å². The van der Waals surface area contributed by atoms with Crippen LogP contribution in [0, 0.1) is 0 Å². The number of phenolic OH excluding ortho intramolecular Hbond substituents is 1. The highest BCUT2D eigenvalue weighted by molar-refractivity contribution is 5.30. The van der Waals surface area contributed by atoms with Gasteiger partial charge in [-0.05, 0) is 24.3 Å². The first-order chi connectivity index (χ1) is 8.17. The number of hydrogen-bond donors (Lipinski definition) is 3. The summed E-state index contributed by atoms with van der Waals surface area (Å²) in [6, 6.07) is 6.26. The van der Waals surface area contributed by atoms with Crippen LogP contribution in [0.1, 0.15) is 12.8 Å². The molecule has 1 aromatic rings. The molecule has 1 aliphatic heterocycles. The second-order valence-electron chi connectivity index (χ2n) is 4.11. The highest BCUT2D eigenvalue weighted by Crippen LogP contribution is 2.24. The van der Waals surface area contributed by atoms with E-state index >= 15 is 0 Å². The van der Waals surface area contributed by atoms with Crippen LogP contribution >= 0.6 is 0 Å². The quantitative estimate of drug-likeness (QED) is 0.722. The Kier molecular flexibility index (Phi) is 3.83. The molecule has 2 rings (SSSR count). The summed E-state index contributed by atoms with van der Waals surface area (Å²) in [6.07, 6.45) is -0.687. The van der Waals surface area contributed by atoms with Crippen LogP contribution in [0.3, 0.4) is 0 Å². The van der Waals surface area contributed by atoms with Crippen molar-refractivity contribution in [3.05, 3.63) is 24.3 Å². The lowest BCUT2D eigenvalue weighted by molar-refractivity contribution is -0.184. The second-order valence-corrected chi connectivity index (χ2v) is 4.11. The highest BCUT2D eigenvalue weighted by Gasteiger charge is 2.29. The molecule has 0 spiro atoms. The van der Waals surface area contributed by atoms with Crippen LogP contribution in [0.25, 0.3) is 0 Å². The van der Waals surface area contributed by atoms with Gasteiger partial charge in [0.05, 0.1) is 18.8 Å². The van der Waals surface area contributed by atoms with Crippen LogP contribution in [0.15, 0.2) is 24.3 Å². The first kappa shape index (κ1) is 12.2. The minimum Gasteiger partial charge on any atom is -0.508 e. The van der Waals surface area contributed by atoms with Crippen molar-refractivity contribution >= 4 is 0 Å². The molecule has 0 aromatic heterocycles. The number of hydrogen-bond acceptors (Lipinski definition) is 5. The first-order valence-electron chi connectivity index (χ1n) is 5.57. The van der Waals surface area contributed by atoms with E-state index in [0.717, 1.165) is 0 Å². The Hall–Kier alpha value is -1.30. The largest absolute Gasteiger partial charge is 0.508 e. The number of aliphatic hydroxyl groups is 2. The molecular weight excluding hydrogens is 224 g/mol. The molecule has 5 nitrogen and oxygen atoms in total. The smallest absolute Gasteiger partial charge is 0.202 e. The molecule has 1 aromatic carbocycles. The van der Waals surface area contributed by atoms with Crippen LogP contribution in [-0.2, 0) is 4.74 Å². The van der Waals surface area contributed by atoms with E-state index in [1.165, 1.54) is 12.1 Å². The van der Waals surface area contributed by atoms with Crippen molar-refractivity contribution in [1.29, 1.82) is 0 Å². The molecular formula is C12H16O5. The van der Waals surface area contributed by atoms with Gasteiger partial charge in [-0.25, -0.2) is 0 Å². The van der Waals surface area contributed by atoms with E-state index in [9.17, 15) is 5.11 Å². The minimum absolute atomic E-state index is 0.132. The number of benzene rings is 1. The fourth-order valence-corrected chi connectivity index (χ4v) is 1.82. The summed E-state index contributed by atoms with van der Waals surface area (Å²) in [4.78, 5) is 0. The first-order valence-corrected chi connectivity index (χ1v) is 5.57. The fourth-order valence-electron chi connectivity index (χ4n) is 1.82. The number of aliphatic hydroxyl groups excluding tert-OH is 2. The molecule has 0 aliphatic carbocycles. The maximum atomic E-state index is 9.59. The van der Waals surface area contributed by atoms with Gasteiger partial charge in [0.15, 0.2) is 0 Å². The molecule has 1 aliphatic rings. The van der Waals surface area contributed by atoms with Crippen molar-refractivity contribution in [2.45, 2.75) is 31.3 Å². The lowest BCUT2D eigenvalue weighted by atomic mass is 10.1. The van der Waals surface area contributed by atoms with Gasteiger partial charge in [-0.3, -0.25) is 0 Å². The maximum absolute atomic E-state index is 9.59. The molecule has 0 radical (unpaired) electrons. The SMILES string of the molecule is OCC1CC(O)CC(Oc2ccc(O)cc2)O1. The monoisotopic (exact) mass is 240 g/mol. The van der Waals surface area contributed by atoms with Gasteiger partial charge in [-0.1, -0.05) is 0 Å².